The van der Waals surface area contributed by atoms with Gasteiger partial charge >= 0.3 is 6.03 Å². The first-order valence-corrected chi connectivity index (χ1v) is 8.27. The van der Waals surface area contributed by atoms with Gasteiger partial charge in [-0.15, -0.1) is 12.4 Å². The van der Waals surface area contributed by atoms with Gasteiger partial charge in [0.2, 0.25) is 5.91 Å². The lowest BCUT2D eigenvalue weighted by Crippen LogP contribution is -2.44. The zero-order valence-electron chi connectivity index (χ0n) is 14.6. The number of ether oxygens (including phenoxy) is 1. The summed E-state index contributed by atoms with van der Waals surface area (Å²) in [5, 5.41) is 8.29. The van der Waals surface area contributed by atoms with Crippen molar-refractivity contribution >= 4 is 35.7 Å². The molecule has 1 aliphatic rings. The number of amides is 3. The van der Waals surface area contributed by atoms with Crippen molar-refractivity contribution in [2.75, 3.05) is 23.8 Å². The molecule has 0 aromatic heterocycles. The van der Waals surface area contributed by atoms with Crippen molar-refractivity contribution < 1.29 is 14.3 Å². The van der Waals surface area contributed by atoms with Gasteiger partial charge in [-0.05, 0) is 56.9 Å². The second-order valence-corrected chi connectivity index (χ2v) is 6.30. The van der Waals surface area contributed by atoms with E-state index < -0.39 is 6.04 Å². The third-order valence-corrected chi connectivity index (χ3v) is 3.91. The average Bonchev–Trinajstić information content (AvgIpc) is 2.56. The molecule has 1 atom stereocenters. The smallest absolute Gasteiger partial charge is 0.319 e. The second kappa shape index (κ2) is 10.2. The highest BCUT2D eigenvalue weighted by Gasteiger charge is 2.26. The van der Waals surface area contributed by atoms with E-state index in [1.807, 2.05) is 13.8 Å². The lowest BCUT2D eigenvalue weighted by Gasteiger charge is -2.26. The summed E-state index contributed by atoms with van der Waals surface area (Å²) in [7, 11) is 0. The molecule has 0 aliphatic carbocycles. The second-order valence-electron chi connectivity index (χ2n) is 6.30. The topological polar surface area (TPSA) is 105 Å². The van der Waals surface area contributed by atoms with Gasteiger partial charge in [0.1, 0.15) is 0 Å². The number of halogens is 1. The van der Waals surface area contributed by atoms with Crippen LogP contribution in [0, 0.1) is 5.92 Å². The highest BCUT2D eigenvalue weighted by atomic mass is 35.5. The average molecular weight is 371 g/mol. The summed E-state index contributed by atoms with van der Waals surface area (Å²) in [6.45, 7) is 5.09. The Labute approximate surface area is 154 Å². The van der Waals surface area contributed by atoms with Crippen LogP contribution in [0.3, 0.4) is 0 Å². The zero-order chi connectivity index (χ0) is 17.5. The minimum absolute atomic E-state index is 0. The predicted molar refractivity (Wildman–Crippen MR) is 101 cm³/mol. The number of anilines is 2. The van der Waals surface area contributed by atoms with Crippen LogP contribution in [0.15, 0.2) is 24.3 Å². The summed E-state index contributed by atoms with van der Waals surface area (Å²) < 4.78 is 5.29. The van der Waals surface area contributed by atoms with Crippen molar-refractivity contribution in [3.05, 3.63) is 24.3 Å². The van der Waals surface area contributed by atoms with Gasteiger partial charge in [-0.2, -0.15) is 0 Å². The van der Waals surface area contributed by atoms with Crippen LogP contribution in [0.25, 0.3) is 0 Å². The van der Waals surface area contributed by atoms with Gasteiger partial charge in [0, 0.05) is 30.6 Å². The largest absolute Gasteiger partial charge is 0.381 e. The molecule has 1 fully saturated rings. The maximum atomic E-state index is 12.2. The van der Waals surface area contributed by atoms with Crippen LogP contribution in [0.1, 0.15) is 26.7 Å². The Morgan fingerprint density at radius 2 is 1.60 bits per heavy atom. The SMILES string of the molecule is CC(C)NC(=O)Nc1ccc(NC(=O)C(N)C2CCOCC2)cc1.Cl. The molecule has 0 saturated carbocycles. The number of hydrogen-bond acceptors (Lipinski definition) is 4. The van der Waals surface area contributed by atoms with Crippen molar-refractivity contribution in [3.63, 3.8) is 0 Å². The van der Waals surface area contributed by atoms with Crippen LogP contribution in [-0.4, -0.2) is 37.2 Å². The number of nitrogens with two attached hydrogens (primary N) is 1. The molecular formula is C17H27ClN4O3. The molecule has 1 saturated heterocycles. The van der Waals surface area contributed by atoms with Crippen LogP contribution in [-0.2, 0) is 9.53 Å². The van der Waals surface area contributed by atoms with E-state index in [-0.39, 0.29) is 36.3 Å². The quantitative estimate of drug-likeness (QED) is 0.638. The molecule has 1 unspecified atom stereocenters. The van der Waals surface area contributed by atoms with Crippen LogP contribution in [0.4, 0.5) is 16.2 Å². The van der Waals surface area contributed by atoms with Gasteiger partial charge in [-0.25, -0.2) is 4.79 Å². The molecule has 7 nitrogen and oxygen atoms in total. The van der Waals surface area contributed by atoms with E-state index in [9.17, 15) is 9.59 Å². The fourth-order valence-corrected chi connectivity index (χ4v) is 2.58. The van der Waals surface area contributed by atoms with Gasteiger partial charge < -0.3 is 26.4 Å². The Morgan fingerprint density at radius 3 is 2.12 bits per heavy atom. The molecule has 1 aromatic carbocycles. The third-order valence-electron chi connectivity index (χ3n) is 3.91. The molecule has 140 valence electrons. The van der Waals surface area contributed by atoms with E-state index in [1.54, 1.807) is 24.3 Å². The van der Waals surface area contributed by atoms with Crippen molar-refractivity contribution in [2.45, 2.75) is 38.8 Å². The van der Waals surface area contributed by atoms with E-state index in [1.165, 1.54) is 0 Å². The first-order valence-electron chi connectivity index (χ1n) is 8.27. The van der Waals surface area contributed by atoms with Gasteiger partial charge in [-0.3, -0.25) is 4.79 Å². The van der Waals surface area contributed by atoms with Crippen LogP contribution in [0.2, 0.25) is 0 Å². The molecule has 5 N–H and O–H groups in total. The third kappa shape index (κ3) is 6.89. The van der Waals surface area contributed by atoms with Gasteiger partial charge in [0.05, 0.1) is 6.04 Å². The molecule has 1 aromatic rings. The number of nitrogens with one attached hydrogen (secondary N) is 3. The van der Waals surface area contributed by atoms with Gasteiger partial charge in [-0.1, -0.05) is 0 Å². The van der Waals surface area contributed by atoms with E-state index in [4.69, 9.17) is 10.5 Å². The molecular weight excluding hydrogens is 344 g/mol. The lowest BCUT2D eigenvalue weighted by molar-refractivity contribution is -0.119. The van der Waals surface area contributed by atoms with Gasteiger partial charge in [0.25, 0.3) is 0 Å². The number of hydrogen-bond donors (Lipinski definition) is 4. The highest BCUT2D eigenvalue weighted by molar-refractivity contribution is 5.95. The molecule has 8 heteroatoms. The van der Waals surface area contributed by atoms with Gasteiger partial charge in [0.15, 0.2) is 0 Å². The molecule has 1 heterocycles. The minimum atomic E-state index is -0.538. The van der Waals surface area contributed by atoms with Crippen molar-refractivity contribution in [1.82, 2.24) is 5.32 Å². The summed E-state index contributed by atoms with van der Waals surface area (Å²) >= 11 is 0. The first kappa shape index (κ1) is 21.2. The van der Waals surface area contributed by atoms with Crippen molar-refractivity contribution in [3.8, 4) is 0 Å². The Hall–Kier alpha value is -1.83. The van der Waals surface area contributed by atoms with E-state index in [0.29, 0.717) is 24.6 Å². The summed E-state index contributed by atoms with van der Waals surface area (Å²) in [4.78, 5) is 23.9. The first-order chi connectivity index (χ1) is 11.5. The fourth-order valence-electron chi connectivity index (χ4n) is 2.58. The summed E-state index contributed by atoms with van der Waals surface area (Å²) in [5.74, 6) is -0.0421. The van der Waals surface area contributed by atoms with Crippen molar-refractivity contribution in [1.29, 1.82) is 0 Å². The fraction of sp³-hybridized carbons (Fsp3) is 0.529. The Kier molecular flexibility index (Phi) is 8.68. The predicted octanol–water partition coefficient (Wildman–Crippen LogP) is 2.33. The molecule has 1 aliphatic heterocycles. The molecule has 25 heavy (non-hydrogen) atoms. The Balaban J connectivity index is 0.00000312. The zero-order valence-corrected chi connectivity index (χ0v) is 15.4. The van der Waals surface area contributed by atoms with Crippen molar-refractivity contribution in [2.24, 2.45) is 11.7 Å². The summed E-state index contributed by atoms with van der Waals surface area (Å²) in [5.41, 5.74) is 7.35. The normalized spacial score (nSPS) is 15.8. The number of carbonyl (C=O) groups excluding carboxylic acids is 2. The van der Waals surface area contributed by atoms with Crippen LogP contribution >= 0.6 is 12.4 Å². The van der Waals surface area contributed by atoms with Crippen LogP contribution < -0.4 is 21.7 Å². The maximum absolute atomic E-state index is 12.2. The Bertz CT molecular complexity index is 560. The summed E-state index contributed by atoms with van der Waals surface area (Å²) in [6.07, 6.45) is 1.62. The van der Waals surface area contributed by atoms with Crippen LogP contribution in [0.5, 0.6) is 0 Å². The number of carbonyl (C=O) groups is 2. The minimum Gasteiger partial charge on any atom is -0.381 e. The molecule has 0 spiro atoms. The standard InChI is InChI=1S/C17H26N4O3.ClH/c1-11(2)19-17(23)21-14-5-3-13(4-6-14)20-16(22)15(18)12-7-9-24-10-8-12;/h3-6,11-12,15H,7-10,18H2,1-2H3,(H,20,22)(H2,19,21,23);1H. The number of rotatable bonds is 5. The van der Waals surface area contributed by atoms with E-state index in [0.717, 1.165) is 12.8 Å². The molecule has 3 amide bonds. The molecule has 0 bridgehead atoms. The number of urea groups is 1. The number of benzene rings is 1. The maximum Gasteiger partial charge on any atom is 0.319 e. The summed E-state index contributed by atoms with van der Waals surface area (Å²) in [6, 6.07) is 6.20. The molecule has 2 rings (SSSR count). The van der Waals surface area contributed by atoms with E-state index in [2.05, 4.69) is 16.0 Å². The lowest BCUT2D eigenvalue weighted by atomic mass is 9.92. The monoisotopic (exact) mass is 370 g/mol. The molecule has 0 radical (unpaired) electrons. The van der Waals surface area contributed by atoms with E-state index >= 15 is 0 Å². The Morgan fingerprint density at radius 1 is 1.08 bits per heavy atom. The highest BCUT2D eigenvalue weighted by Crippen LogP contribution is 2.19.